The second-order valence-electron chi connectivity index (χ2n) is 5.98. The number of hydrogen-bond donors (Lipinski definition) is 2. The summed E-state index contributed by atoms with van der Waals surface area (Å²) in [5, 5.41) is 9.75. The van der Waals surface area contributed by atoms with E-state index in [-0.39, 0.29) is 17.8 Å². The molecule has 0 saturated heterocycles. The summed E-state index contributed by atoms with van der Waals surface area (Å²) in [7, 11) is 3.13. The lowest BCUT2D eigenvalue weighted by molar-refractivity contribution is 0.0934. The highest BCUT2D eigenvalue weighted by Gasteiger charge is 2.16. The van der Waals surface area contributed by atoms with Crippen LogP contribution in [0.4, 0.5) is 4.39 Å². The summed E-state index contributed by atoms with van der Waals surface area (Å²) in [5.74, 6) is 0.600. The number of rotatable bonds is 6. The molecule has 7 heteroatoms. The molecule has 27 heavy (non-hydrogen) atoms. The van der Waals surface area contributed by atoms with Crippen molar-refractivity contribution in [3.05, 3.63) is 65.6 Å². The molecule has 0 unspecified atom stereocenters. The van der Waals surface area contributed by atoms with E-state index in [1.807, 2.05) is 19.1 Å². The third kappa shape index (κ3) is 4.08. The van der Waals surface area contributed by atoms with Gasteiger partial charge in [-0.1, -0.05) is 6.07 Å². The molecule has 0 saturated carbocycles. The summed E-state index contributed by atoms with van der Waals surface area (Å²) >= 11 is 0. The van der Waals surface area contributed by atoms with Gasteiger partial charge in [0.05, 0.1) is 26.0 Å². The first-order valence-electron chi connectivity index (χ1n) is 8.36. The van der Waals surface area contributed by atoms with Gasteiger partial charge in [-0.3, -0.25) is 9.89 Å². The molecule has 0 fully saturated rings. The smallest absolute Gasteiger partial charge is 0.269 e. The number of halogens is 1. The number of nitrogens with one attached hydrogen (secondary N) is 2. The van der Waals surface area contributed by atoms with Crippen molar-refractivity contribution in [1.82, 2.24) is 15.5 Å². The summed E-state index contributed by atoms with van der Waals surface area (Å²) in [6.45, 7) is 1.87. The summed E-state index contributed by atoms with van der Waals surface area (Å²) in [4.78, 5) is 12.5. The Kier molecular flexibility index (Phi) is 5.40. The number of nitrogens with zero attached hydrogens (tertiary/aromatic N) is 1. The number of amides is 1. The maximum atomic E-state index is 13.0. The molecular weight excluding hydrogens is 349 g/mol. The van der Waals surface area contributed by atoms with Crippen LogP contribution in [-0.2, 0) is 0 Å². The van der Waals surface area contributed by atoms with Crippen molar-refractivity contribution in [2.75, 3.05) is 14.2 Å². The van der Waals surface area contributed by atoms with E-state index in [1.165, 1.54) is 12.1 Å². The monoisotopic (exact) mass is 369 g/mol. The van der Waals surface area contributed by atoms with E-state index in [0.29, 0.717) is 22.9 Å². The van der Waals surface area contributed by atoms with Gasteiger partial charge >= 0.3 is 0 Å². The highest BCUT2D eigenvalue weighted by atomic mass is 19.1. The third-order valence-corrected chi connectivity index (χ3v) is 4.22. The van der Waals surface area contributed by atoms with Crippen LogP contribution >= 0.6 is 0 Å². The summed E-state index contributed by atoms with van der Waals surface area (Å²) in [6.07, 6.45) is 0. The van der Waals surface area contributed by atoms with E-state index in [1.54, 1.807) is 38.5 Å². The SMILES string of the molecule is COc1ccc([C@H](C)NC(=O)c2cc(-c3ccc(F)cc3)n[nH]2)cc1OC. The Morgan fingerprint density at radius 3 is 2.44 bits per heavy atom. The molecule has 2 N–H and O–H groups in total. The van der Waals surface area contributed by atoms with Crippen LogP contribution in [0.3, 0.4) is 0 Å². The quantitative estimate of drug-likeness (QED) is 0.694. The predicted molar refractivity (Wildman–Crippen MR) is 99.4 cm³/mol. The van der Waals surface area contributed by atoms with Crippen molar-refractivity contribution < 1.29 is 18.7 Å². The Hall–Kier alpha value is -3.35. The predicted octanol–water partition coefficient (Wildman–Crippen LogP) is 3.72. The van der Waals surface area contributed by atoms with Crippen LogP contribution in [0.1, 0.15) is 29.0 Å². The van der Waals surface area contributed by atoms with Gasteiger partial charge in [-0.2, -0.15) is 5.10 Å². The average molecular weight is 369 g/mol. The lowest BCUT2D eigenvalue weighted by Gasteiger charge is -2.16. The largest absolute Gasteiger partial charge is 0.493 e. The van der Waals surface area contributed by atoms with Crippen LogP contribution in [-0.4, -0.2) is 30.3 Å². The summed E-state index contributed by atoms with van der Waals surface area (Å²) in [6, 6.07) is 12.8. The van der Waals surface area contributed by atoms with Gasteiger partial charge in [0.15, 0.2) is 11.5 Å². The van der Waals surface area contributed by atoms with Crippen LogP contribution in [0, 0.1) is 5.82 Å². The number of carbonyl (C=O) groups is 1. The van der Waals surface area contributed by atoms with Gasteiger partial charge in [0.2, 0.25) is 0 Å². The molecule has 0 bridgehead atoms. The Morgan fingerprint density at radius 2 is 1.78 bits per heavy atom. The van der Waals surface area contributed by atoms with Crippen LogP contribution in [0.25, 0.3) is 11.3 Å². The van der Waals surface area contributed by atoms with Crippen LogP contribution in [0.15, 0.2) is 48.5 Å². The lowest BCUT2D eigenvalue weighted by atomic mass is 10.1. The zero-order valence-corrected chi connectivity index (χ0v) is 15.2. The summed E-state index contributed by atoms with van der Waals surface area (Å²) < 4.78 is 23.6. The van der Waals surface area contributed by atoms with Crippen molar-refractivity contribution in [1.29, 1.82) is 0 Å². The van der Waals surface area contributed by atoms with Crippen molar-refractivity contribution >= 4 is 5.91 Å². The number of methoxy groups -OCH3 is 2. The van der Waals surface area contributed by atoms with Crippen LogP contribution in [0.2, 0.25) is 0 Å². The number of carbonyl (C=O) groups excluding carboxylic acids is 1. The fraction of sp³-hybridized carbons (Fsp3) is 0.200. The first-order chi connectivity index (χ1) is 13.0. The van der Waals surface area contributed by atoms with Gasteiger partial charge < -0.3 is 14.8 Å². The number of ether oxygens (including phenoxy) is 2. The number of hydrogen-bond acceptors (Lipinski definition) is 4. The standard InChI is InChI=1S/C20H20FN3O3/c1-12(14-6-9-18(26-2)19(10-14)27-3)22-20(25)17-11-16(23-24-17)13-4-7-15(21)8-5-13/h4-12H,1-3H3,(H,22,25)(H,23,24)/t12-/m0/s1. The van der Waals surface area contributed by atoms with E-state index in [9.17, 15) is 9.18 Å². The van der Waals surface area contributed by atoms with E-state index in [4.69, 9.17) is 9.47 Å². The molecule has 140 valence electrons. The third-order valence-electron chi connectivity index (χ3n) is 4.22. The Morgan fingerprint density at radius 1 is 1.07 bits per heavy atom. The van der Waals surface area contributed by atoms with Gasteiger partial charge in [-0.15, -0.1) is 0 Å². The lowest BCUT2D eigenvalue weighted by Crippen LogP contribution is -2.27. The topological polar surface area (TPSA) is 76.2 Å². The average Bonchev–Trinajstić information content (AvgIpc) is 3.18. The van der Waals surface area contributed by atoms with Gasteiger partial charge in [0.25, 0.3) is 5.91 Å². The molecule has 2 aromatic carbocycles. The van der Waals surface area contributed by atoms with Gasteiger partial charge in [-0.05, 0) is 55.0 Å². The van der Waals surface area contributed by atoms with Crippen molar-refractivity contribution in [2.24, 2.45) is 0 Å². The fourth-order valence-corrected chi connectivity index (χ4v) is 2.69. The Balaban J connectivity index is 1.73. The van der Waals surface area contributed by atoms with Crippen molar-refractivity contribution in [3.8, 4) is 22.8 Å². The molecule has 0 aliphatic rings. The molecule has 1 atom stereocenters. The van der Waals surface area contributed by atoms with E-state index < -0.39 is 0 Å². The number of aromatic nitrogens is 2. The normalized spacial score (nSPS) is 11.7. The second kappa shape index (κ2) is 7.90. The van der Waals surface area contributed by atoms with E-state index in [0.717, 1.165) is 11.1 Å². The van der Waals surface area contributed by atoms with Gasteiger partial charge in [0.1, 0.15) is 11.5 Å². The molecule has 1 amide bonds. The highest BCUT2D eigenvalue weighted by Crippen LogP contribution is 2.30. The van der Waals surface area contributed by atoms with Crippen molar-refractivity contribution in [2.45, 2.75) is 13.0 Å². The molecule has 1 heterocycles. The van der Waals surface area contributed by atoms with Crippen LogP contribution < -0.4 is 14.8 Å². The zero-order chi connectivity index (χ0) is 19.4. The molecule has 3 rings (SSSR count). The minimum Gasteiger partial charge on any atom is -0.493 e. The highest BCUT2D eigenvalue weighted by molar-refractivity contribution is 5.93. The maximum absolute atomic E-state index is 13.0. The molecule has 0 aliphatic carbocycles. The first-order valence-corrected chi connectivity index (χ1v) is 8.36. The fourth-order valence-electron chi connectivity index (χ4n) is 2.69. The van der Waals surface area contributed by atoms with Crippen molar-refractivity contribution in [3.63, 3.8) is 0 Å². The van der Waals surface area contributed by atoms with Gasteiger partial charge in [0, 0.05) is 5.56 Å². The number of H-pyrrole nitrogens is 1. The molecule has 3 aromatic rings. The van der Waals surface area contributed by atoms with Crippen LogP contribution in [0.5, 0.6) is 11.5 Å². The summed E-state index contributed by atoms with van der Waals surface area (Å²) in [5.41, 5.74) is 2.49. The van der Waals surface area contributed by atoms with Gasteiger partial charge in [-0.25, -0.2) is 4.39 Å². The molecule has 0 aliphatic heterocycles. The molecule has 0 spiro atoms. The Bertz CT molecular complexity index is 938. The zero-order valence-electron chi connectivity index (χ0n) is 15.2. The molecule has 0 radical (unpaired) electrons. The molecular formula is C20H20FN3O3. The maximum Gasteiger partial charge on any atom is 0.269 e. The number of benzene rings is 2. The minimum atomic E-state index is -0.323. The molecule has 1 aromatic heterocycles. The van der Waals surface area contributed by atoms with E-state index >= 15 is 0 Å². The first kappa shape index (κ1) is 18.4. The number of aromatic amines is 1. The second-order valence-corrected chi connectivity index (χ2v) is 5.98. The minimum absolute atomic E-state index is 0.255. The van der Waals surface area contributed by atoms with E-state index in [2.05, 4.69) is 15.5 Å². The molecule has 6 nitrogen and oxygen atoms in total. The Labute approximate surface area is 156 Å².